The number of nitrogens with zero attached hydrogens (tertiary/aromatic N) is 1. The minimum Gasteiger partial charge on any atom is -0.497 e. The molecule has 1 aliphatic heterocycles. The minimum absolute atomic E-state index is 0.181. The van der Waals surface area contributed by atoms with Crippen LogP contribution in [0.4, 0.5) is 10.1 Å². The Balaban J connectivity index is 2.24. The number of hydrogen-bond donors (Lipinski definition) is 1. The van der Waals surface area contributed by atoms with Crippen molar-refractivity contribution in [3.05, 3.63) is 24.0 Å². The van der Waals surface area contributed by atoms with Crippen molar-refractivity contribution < 1.29 is 9.13 Å². The Bertz CT molecular complexity index is 384. The molecule has 0 amide bonds. The lowest BCUT2D eigenvalue weighted by atomic mass is 10.1. The summed E-state index contributed by atoms with van der Waals surface area (Å²) in [7, 11) is 1.60. The highest BCUT2D eigenvalue weighted by molar-refractivity contribution is 5.52. The third-order valence-electron chi connectivity index (χ3n) is 3.08. The smallest absolute Gasteiger partial charge is 0.146 e. The fourth-order valence-corrected chi connectivity index (χ4v) is 2.18. The van der Waals surface area contributed by atoms with Gasteiger partial charge in [-0.1, -0.05) is 6.92 Å². The van der Waals surface area contributed by atoms with Crippen molar-refractivity contribution in [3.8, 4) is 5.75 Å². The van der Waals surface area contributed by atoms with Crippen LogP contribution in [-0.2, 0) is 0 Å². The van der Waals surface area contributed by atoms with Gasteiger partial charge in [-0.25, -0.2) is 4.39 Å². The lowest BCUT2D eigenvalue weighted by molar-refractivity contribution is 0.413. The molecule has 4 heteroatoms. The lowest BCUT2D eigenvalue weighted by Gasteiger charge is -2.25. The Kier molecular flexibility index (Phi) is 3.84. The number of halogens is 1. The summed E-state index contributed by atoms with van der Waals surface area (Å²) in [5.41, 5.74) is 0.639. The predicted octanol–water partition coefficient (Wildman–Crippen LogP) is 1.88. The summed E-state index contributed by atoms with van der Waals surface area (Å²) in [5.74, 6) is 1.04. The summed E-state index contributed by atoms with van der Waals surface area (Å²) in [6, 6.07) is 4.89. The first-order valence-electron chi connectivity index (χ1n) is 6.00. The van der Waals surface area contributed by atoms with Gasteiger partial charge in [-0.15, -0.1) is 0 Å². The van der Waals surface area contributed by atoms with Gasteiger partial charge in [0.25, 0.3) is 0 Å². The Labute approximate surface area is 102 Å². The molecule has 1 aromatic rings. The highest BCUT2D eigenvalue weighted by Gasteiger charge is 2.18. The van der Waals surface area contributed by atoms with Gasteiger partial charge < -0.3 is 15.0 Å². The van der Waals surface area contributed by atoms with Crippen LogP contribution in [0.1, 0.15) is 6.92 Å². The summed E-state index contributed by atoms with van der Waals surface area (Å²) in [6.45, 7) is 5.75. The zero-order valence-corrected chi connectivity index (χ0v) is 10.4. The average Bonchev–Trinajstić information content (AvgIpc) is 2.54. The van der Waals surface area contributed by atoms with Gasteiger partial charge in [0.1, 0.15) is 11.6 Å². The monoisotopic (exact) mass is 238 g/mol. The number of nitrogens with one attached hydrogen (secondary N) is 1. The van der Waals surface area contributed by atoms with Gasteiger partial charge in [0, 0.05) is 25.7 Å². The Morgan fingerprint density at radius 3 is 3.06 bits per heavy atom. The molecule has 0 bridgehead atoms. The molecule has 1 heterocycles. The van der Waals surface area contributed by atoms with Gasteiger partial charge in [0.15, 0.2) is 0 Å². The van der Waals surface area contributed by atoms with E-state index in [0.717, 1.165) is 26.2 Å². The zero-order chi connectivity index (χ0) is 12.3. The van der Waals surface area contributed by atoms with Crippen molar-refractivity contribution in [1.82, 2.24) is 5.32 Å². The molecule has 1 aromatic carbocycles. The standard InChI is InChI=1S/C13H19FN2O/c1-10-8-15-5-6-16(9-10)13-7-11(17-2)3-4-12(13)14/h3-4,7,10,15H,5-6,8-9H2,1-2H3. The summed E-state index contributed by atoms with van der Waals surface area (Å²) in [5, 5.41) is 3.35. The molecular formula is C13H19FN2O. The predicted molar refractivity (Wildman–Crippen MR) is 67.2 cm³/mol. The highest BCUT2D eigenvalue weighted by Crippen LogP contribution is 2.25. The number of methoxy groups -OCH3 is 1. The van der Waals surface area contributed by atoms with Crippen molar-refractivity contribution >= 4 is 5.69 Å². The molecule has 2 rings (SSSR count). The average molecular weight is 238 g/mol. The van der Waals surface area contributed by atoms with E-state index in [1.165, 1.54) is 6.07 Å². The Hall–Kier alpha value is -1.29. The molecule has 0 radical (unpaired) electrons. The van der Waals surface area contributed by atoms with Crippen LogP contribution < -0.4 is 15.0 Å². The van der Waals surface area contributed by atoms with E-state index in [9.17, 15) is 4.39 Å². The van der Waals surface area contributed by atoms with Crippen LogP contribution in [0.25, 0.3) is 0 Å². The first kappa shape index (κ1) is 12.2. The van der Waals surface area contributed by atoms with Gasteiger partial charge >= 0.3 is 0 Å². The van der Waals surface area contributed by atoms with Crippen LogP contribution in [0.2, 0.25) is 0 Å². The van der Waals surface area contributed by atoms with E-state index >= 15 is 0 Å². The lowest BCUT2D eigenvalue weighted by Crippen LogP contribution is -2.30. The summed E-state index contributed by atoms with van der Waals surface area (Å²) in [4.78, 5) is 2.09. The van der Waals surface area contributed by atoms with Crippen molar-refractivity contribution in [3.63, 3.8) is 0 Å². The van der Waals surface area contributed by atoms with Gasteiger partial charge in [0.05, 0.1) is 12.8 Å². The molecule has 0 aliphatic carbocycles. The fraction of sp³-hybridized carbons (Fsp3) is 0.538. The van der Waals surface area contributed by atoms with Crippen LogP contribution in [0.3, 0.4) is 0 Å². The molecule has 1 saturated heterocycles. The normalized spacial score (nSPS) is 21.1. The Morgan fingerprint density at radius 2 is 2.29 bits per heavy atom. The molecule has 3 nitrogen and oxygen atoms in total. The zero-order valence-electron chi connectivity index (χ0n) is 10.4. The largest absolute Gasteiger partial charge is 0.497 e. The van der Waals surface area contributed by atoms with Gasteiger partial charge in [-0.3, -0.25) is 0 Å². The van der Waals surface area contributed by atoms with Crippen LogP contribution in [0.15, 0.2) is 18.2 Å². The number of benzene rings is 1. The molecule has 1 fully saturated rings. The maximum absolute atomic E-state index is 13.8. The number of rotatable bonds is 2. The second kappa shape index (κ2) is 5.36. The van der Waals surface area contributed by atoms with E-state index in [4.69, 9.17) is 4.74 Å². The molecule has 94 valence electrons. The molecular weight excluding hydrogens is 219 g/mol. The maximum atomic E-state index is 13.8. The second-order valence-corrected chi connectivity index (χ2v) is 4.57. The molecule has 1 N–H and O–H groups in total. The molecule has 17 heavy (non-hydrogen) atoms. The van der Waals surface area contributed by atoms with E-state index in [1.54, 1.807) is 19.2 Å². The van der Waals surface area contributed by atoms with E-state index in [0.29, 0.717) is 17.4 Å². The van der Waals surface area contributed by atoms with Crippen LogP contribution in [0, 0.1) is 11.7 Å². The molecule has 1 unspecified atom stereocenters. The topological polar surface area (TPSA) is 24.5 Å². The van der Waals surface area contributed by atoms with Crippen LogP contribution in [-0.4, -0.2) is 33.3 Å². The van der Waals surface area contributed by atoms with Crippen molar-refractivity contribution in [2.24, 2.45) is 5.92 Å². The number of ether oxygens (including phenoxy) is 1. The summed E-state index contributed by atoms with van der Waals surface area (Å²) < 4.78 is 19.0. The number of hydrogen-bond acceptors (Lipinski definition) is 3. The molecule has 1 aliphatic rings. The van der Waals surface area contributed by atoms with Crippen LogP contribution >= 0.6 is 0 Å². The van der Waals surface area contributed by atoms with Gasteiger partial charge in [-0.05, 0) is 24.6 Å². The van der Waals surface area contributed by atoms with Crippen molar-refractivity contribution in [1.29, 1.82) is 0 Å². The molecule has 1 atom stereocenters. The first-order valence-corrected chi connectivity index (χ1v) is 6.00. The minimum atomic E-state index is -0.181. The Morgan fingerprint density at radius 1 is 1.47 bits per heavy atom. The third kappa shape index (κ3) is 2.88. The molecule has 0 saturated carbocycles. The van der Waals surface area contributed by atoms with Gasteiger partial charge in [-0.2, -0.15) is 0 Å². The third-order valence-corrected chi connectivity index (χ3v) is 3.08. The quantitative estimate of drug-likeness (QED) is 0.851. The second-order valence-electron chi connectivity index (χ2n) is 4.57. The molecule has 0 spiro atoms. The maximum Gasteiger partial charge on any atom is 0.146 e. The SMILES string of the molecule is COc1ccc(F)c(N2CCNCC(C)C2)c1. The van der Waals surface area contributed by atoms with Crippen molar-refractivity contribution in [2.45, 2.75) is 6.92 Å². The fourth-order valence-electron chi connectivity index (χ4n) is 2.18. The van der Waals surface area contributed by atoms with Gasteiger partial charge in [0.2, 0.25) is 0 Å². The molecule has 0 aromatic heterocycles. The first-order chi connectivity index (χ1) is 8.20. The van der Waals surface area contributed by atoms with Crippen LogP contribution in [0.5, 0.6) is 5.75 Å². The highest BCUT2D eigenvalue weighted by atomic mass is 19.1. The van der Waals surface area contributed by atoms with E-state index in [2.05, 4.69) is 17.1 Å². The van der Waals surface area contributed by atoms with Crippen molar-refractivity contribution in [2.75, 3.05) is 38.2 Å². The van der Waals surface area contributed by atoms with E-state index in [1.807, 2.05) is 0 Å². The summed E-state index contributed by atoms with van der Waals surface area (Å²) in [6.07, 6.45) is 0. The van der Waals surface area contributed by atoms with E-state index in [-0.39, 0.29) is 5.82 Å². The van der Waals surface area contributed by atoms with E-state index < -0.39 is 0 Å². The summed E-state index contributed by atoms with van der Waals surface area (Å²) >= 11 is 0. The number of anilines is 1.